The lowest BCUT2D eigenvalue weighted by molar-refractivity contribution is 0.0316. The van der Waals surface area contributed by atoms with E-state index in [2.05, 4.69) is 0 Å². The summed E-state index contributed by atoms with van der Waals surface area (Å²) >= 11 is 0. The predicted octanol–water partition coefficient (Wildman–Crippen LogP) is 3.44. The molecule has 2 aromatic rings. The van der Waals surface area contributed by atoms with Crippen LogP contribution < -0.4 is 0 Å². The Morgan fingerprint density at radius 2 is 1.73 bits per heavy atom. The van der Waals surface area contributed by atoms with Crippen LogP contribution in [0.1, 0.15) is 38.8 Å². The van der Waals surface area contributed by atoms with Crippen LogP contribution in [0.15, 0.2) is 42.5 Å². The van der Waals surface area contributed by atoms with Crippen molar-refractivity contribution in [3.05, 3.63) is 64.7 Å². The molecular weight excluding hydrogens is 280 g/mol. The molecule has 114 valence electrons. The van der Waals surface area contributed by atoms with Gasteiger partial charge in [0.2, 0.25) is 5.78 Å². The number of ketones is 1. The highest BCUT2D eigenvalue weighted by molar-refractivity contribution is 6.02. The summed E-state index contributed by atoms with van der Waals surface area (Å²) in [7, 11) is 0. The van der Waals surface area contributed by atoms with E-state index in [4.69, 9.17) is 4.74 Å². The van der Waals surface area contributed by atoms with Crippen molar-refractivity contribution in [3.63, 3.8) is 0 Å². The van der Waals surface area contributed by atoms with Gasteiger partial charge in [0, 0.05) is 5.56 Å². The standard InChI is InChI=1S/C18H18O4/c1-11-8-9-12(2)15(10-11)17(20)13(3)22-18(21)14-6-4-5-7-16(14)19/h4-10,13,19H,1-3H3/t13-/m1/s1. The zero-order valence-electron chi connectivity index (χ0n) is 12.8. The van der Waals surface area contributed by atoms with Gasteiger partial charge in [-0.3, -0.25) is 4.79 Å². The molecule has 1 N–H and O–H groups in total. The number of ether oxygens (including phenoxy) is 1. The maximum atomic E-state index is 12.4. The highest BCUT2D eigenvalue weighted by Crippen LogP contribution is 2.19. The van der Waals surface area contributed by atoms with Crippen LogP contribution in [0, 0.1) is 13.8 Å². The average Bonchev–Trinajstić information content (AvgIpc) is 2.49. The first kappa shape index (κ1) is 15.8. The molecule has 0 aliphatic heterocycles. The Balaban J connectivity index is 2.17. The van der Waals surface area contributed by atoms with Crippen molar-refractivity contribution in [3.8, 4) is 5.75 Å². The molecule has 22 heavy (non-hydrogen) atoms. The van der Waals surface area contributed by atoms with E-state index in [9.17, 15) is 14.7 Å². The van der Waals surface area contributed by atoms with Gasteiger partial charge in [-0.15, -0.1) is 0 Å². The summed E-state index contributed by atoms with van der Waals surface area (Å²) in [6.45, 7) is 5.27. The molecule has 4 nitrogen and oxygen atoms in total. The molecule has 0 spiro atoms. The van der Waals surface area contributed by atoms with Crippen molar-refractivity contribution in [1.29, 1.82) is 0 Å². The van der Waals surface area contributed by atoms with Crippen LogP contribution >= 0.6 is 0 Å². The zero-order valence-corrected chi connectivity index (χ0v) is 12.8. The van der Waals surface area contributed by atoms with Crippen LogP contribution in [0.3, 0.4) is 0 Å². The van der Waals surface area contributed by atoms with Gasteiger partial charge in [-0.2, -0.15) is 0 Å². The van der Waals surface area contributed by atoms with E-state index in [1.165, 1.54) is 19.1 Å². The molecule has 2 rings (SSSR count). The van der Waals surface area contributed by atoms with E-state index >= 15 is 0 Å². The maximum Gasteiger partial charge on any atom is 0.342 e. The van der Waals surface area contributed by atoms with Crippen LogP contribution in [0.25, 0.3) is 0 Å². The minimum atomic E-state index is -0.924. The number of esters is 1. The monoisotopic (exact) mass is 298 g/mol. The van der Waals surface area contributed by atoms with Crippen molar-refractivity contribution >= 4 is 11.8 Å². The minimum absolute atomic E-state index is 0.0446. The third-order valence-corrected chi connectivity index (χ3v) is 3.44. The van der Waals surface area contributed by atoms with E-state index in [0.717, 1.165) is 11.1 Å². The highest BCUT2D eigenvalue weighted by atomic mass is 16.5. The quantitative estimate of drug-likeness (QED) is 0.693. The Bertz CT molecular complexity index is 719. The number of rotatable bonds is 4. The smallest absolute Gasteiger partial charge is 0.342 e. The Kier molecular flexibility index (Phi) is 4.61. The fourth-order valence-corrected chi connectivity index (χ4v) is 2.14. The van der Waals surface area contributed by atoms with Crippen molar-refractivity contribution in [2.24, 2.45) is 0 Å². The molecule has 0 radical (unpaired) electrons. The van der Waals surface area contributed by atoms with Gasteiger partial charge in [0.15, 0.2) is 6.10 Å². The number of phenols is 1. The number of phenolic OH excluding ortho intramolecular Hbond substituents is 1. The van der Waals surface area contributed by atoms with Crippen LogP contribution in [-0.2, 0) is 4.74 Å². The van der Waals surface area contributed by atoms with Gasteiger partial charge in [0.05, 0.1) is 0 Å². The third-order valence-electron chi connectivity index (χ3n) is 3.44. The van der Waals surface area contributed by atoms with Gasteiger partial charge in [-0.1, -0.05) is 29.8 Å². The molecule has 0 saturated heterocycles. The van der Waals surface area contributed by atoms with Crippen LogP contribution in [0.5, 0.6) is 5.75 Å². The second-order valence-electron chi connectivity index (χ2n) is 5.25. The minimum Gasteiger partial charge on any atom is -0.507 e. The van der Waals surface area contributed by atoms with E-state index in [-0.39, 0.29) is 17.1 Å². The number of carbonyl (C=O) groups excluding carboxylic acids is 2. The topological polar surface area (TPSA) is 63.6 Å². The molecule has 0 aromatic heterocycles. The summed E-state index contributed by atoms with van der Waals surface area (Å²) in [6.07, 6.45) is -0.924. The second-order valence-corrected chi connectivity index (χ2v) is 5.25. The summed E-state index contributed by atoms with van der Waals surface area (Å²) in [5.74, 6) is -1.15. The number of para-hydroxylation sites is 1. The van der Waals surface area contributed by atoms with Gasteiger partial charge in [0.1, 0.15) is 11.3 Å². The van der Waals surface area contributed by atoms with Crippen molar-refractivity contribution in [1.82, 2.24) is 0 Å². The summed E-state index contributed by atoms with van der Waals surface area (Å²) < 4.78 is 5.18. The maximum absolute atomic E-state index is 12.4. The van der Waals surface area contributed by atoms with Crippen molar-refractivity contribution < 1.29 is 19.4 Å². The molecule has 0 bridgehead atoms. The van der Waals surface area contributed by atoms with Crippen molar-refractivity contribution in [2.45, 2.75) is 26.9 Å². The number of benzene rings is 2. The van der Waals surface area contributed by atoms with Gasteiger partial charge in [-0.05, 0) is 44.5 Å². The predicted molar refractivity (Wildman–Crippen MR) is 83.2 cm³/mol. The molecular formula is C18H18O4. The number of aromatic hydroxyl groups is 1. The largest absolute Gasteiger partial charge is 0.507 e. The number of hydrogen-bond donors (Lipinski definition) is 1. The lowest BCUT2D eigenvalue weighted by Gasteiger charge is -2.14. The third kappa shape index (κ3) is 3.34. The molecule has 0 unspecified atom stereocenters. The SMILES string of the molecule is Cc1ccc(C)c(C(=O)[C@@H](C)OC(=O)c2ccccc2O)c1. The first-order chi connectivity index (χ1) is 10.4. The van der Waals surface area contributed by atoms with Crippen molar-refractivity contribution in [2.75, 3.05) is 0 Å². The molecule has 0 amide bonds. The summed E-state index contributed by atoms with van der Waals surface area (Å²) in [5, 5.41) is 9.64. The Hall–Kier alpha value is -2.62. The Morgan fingerprint density at radius 1 is 1.05 bits per heavy atom. The number of Topliss-reactive ketones (excluding diaryl/α,β-unsaturated/α-hetero) is 1. The van der Waals surface area contributed by atoms with Gasteiger partial charge < -0.3 is 9.84 Å². The molecule has 0 heterocycles. The Morgan fingerprint density at radius 3 is 2.41 bits per heavy atom. The van der Waals surface area contributed by atoms with Gasteiger partial charge in [0.25, 0.3) is 0 Å². The average molecular weight is 298 g/mol. The molecule has 1 atom stereocenters. The molecule has 2 aromatic carbocycles. The second kappa shape index (κ2) is 6.43. The van der Waals surface area contributed by atoms with Crippen LogP contribution in [0.2, 0.25) is 0 Å². The molecule has 0 fully saturated rings. The van der Waals surface area contributed by atoms with Crippen LogP contribution in [0.4, 0.5) is 0 Å². The summed E-state index contributed by atoms with van der Waals surface area (Å²) in [6, 6.07) is 11.6. The van der Waals surface area contributed by atoms with E-state index in [1.807, 2.05) is 26.0 Å². The molecule has 0 saturated carbocycles. The summed E-state index contributed by atoms with van der Waals surface area (Å²) in [4.78, 5) is 24.5. The fraction of sp³-hybridized carbons (Fsp3) is 0.222. The van der Waals surface area contributed by atoms with E-state index < -0.39 is 12.1 Å². The lowest BCUT2D eigenvalue weighted by atomic mass is 9.99. The lowest BCUT2D eigenvalue weighted by Crippen LogP contribution is -2.25. The first-order valence-electron chi connectivity index (χ1n) is 7.00. The summed E-state index contributed by atoms with van der Waals surface area (Å²) in [5.41, 5.74) is 2.38. The highest BCUT2D eigenvalue weighted by Gasteiger charge is 2.23. The first-order valence-corrected chi connectivity index (χ1v) is 7.00. The molecule has 0 aliphatic carbocycles. The van der Waals surface area contributed by atoms with Crippen LogP contribution in [-0.4, -0.2) is 23.0 Å². The number of aryl methyl sites for hydroxylation is 2. The normalized spacial score (nSPS) is 11.8. The Labute approximate surface area is 129 Å². The van der Waals surface area contributed by atoms with Gasteiger partial charge >= 0.3 is 5.97 Å². The zero-order chi connectivity index (χ0) is 16.3. The molecule has 0 aliphatic rings. The van der Waals surface area contributed by atoms with Gasteiger partial charge in [-0.25, -0.2) is 4.79 Å². The number of hydrogen-bond acceptors (Lipinski definition) is 4. The van der Waals surface area contributed by atoms with E-state index in [0.29, 0.717) is 5.56 Å². The number of carbonyl (C=O) groups is 2. The fourth-order valence-electron chi connectivity index (χ4n) is 2.14. The van der Waals surface area contributed by atoms with E-state index in [1.54, 1.807) is 18.2 Å². The molecule has 4 heteroatoms.